The molecule has 1 amide bonds. The molecule has 1 atom stereocenters. The average Bonchev–Trinajstić information content (AvgIpc) is 2.68. The van der Waals surface area contributed by atoms with Crippen molar-refractivity contribution in [3.8, 4) is 0 Å². The Balaban J connectivity index is 2.50. The van der Waals surface area contributed by atoms with E-state index in [1.165, 1.54) is 0 Å². The van der Waals surface area contributed by atoms with Gasteiger partial charge in [-0.3, -0.25) is 4.79 Å². The second-order valence-electron chi connectivity index (χ2n) is 5.13. The summed E-state index contributed by atoms with van der Waals surface area (Å²) in [7, 11) is 0. The molecule has 0 aliphatic heterocycles. The van der Waals surface area contributed by atoms with Gasteiger partial charge in [-0.2, -0.15) is 0 Å². The Morgan fingerprint density at radius 1 is 1.42 bits per heavy atom. The number of hydrogen-bond donors (Lipinski definition) is 2. The van der Waals surface area contributed by atoms with Gasteiger partial charge >= 0.3 is 0 Å². The summed E-state index contributed by atoms with van der Waals surface area (Å²) >= 11 is 0. The molecule has 0 radical (unpaired) electrons. The molecule has 1 aromatic carbocycles. The van der Waals surface area contributed by atoms with Gasteiger partial charge < -0.3 is 16.0 Å². The van der Waals surface area contributed by atoms with Crippen molar-refractivity contribution < 1.29 is 4.79 Å². The molecule has 0 fully saturated rings. The third-order valence-electron chi connectivity index (χ3n) is 3.26. The number of aryl methyl sites for hydroxylation is 1. The fourth-order valence-electron chi connectivity index (χ4n) is 2.12. The maximum atomic E-state index is 11.4. The van der Waals surface area contributed by atoms with E-state index in [1.807, 2.05) is 28.8 Å². The molecule has 102 valence electrons. The van der Waals surface area contributed by atoms with E-state index in [-0.39, 0.29) is 0 Å². The average molecular weight is 260 g/mol. The number of fused-ring (bicyclic) bond motifs is 1. The number of carbonyl (C=O) groups is 1. The van der Waals surface area contributed by atoms with Crippen LogP contribution in [0.5, 0.6) is 0 Å². The minimum absolute atomic E-state index is 0.345. The van der Waals surface area contributed by atoms with Crippen LogP contribution in [0.3, 0.4) is 0 Å². The number of rotatable bonds is 5. The number of benzene rings is 1. The number of para-hydroxylation sites is 2. The van der Waals surface area contributed by atoms with Crippen molar-refractivity contribution in [3.63, 3.8) is 0 Å². The van der Waals surface area contributed by atoms with E-state index in [0.717, 1.165) is 29.7 Å². The van der Waals surface area contributed by atoms with E-state index in [1.54, 1.807) is 6.92 Å². The van der Waals surface area contributed by atoms with Gasteiger partial charge in [-0.15, -0.1) is 0 Å². The largest absolute Gasteiger partial charge is 0.368 e. The molecule has 1 aromatic heterocycles. The highest BCUT2D eigenvalue weighted by molar-refractivity contribution is 5.84. The van der Waals surface area contributed by atoms with Crippen LogP contribution >= 0.6 is 0 Å². The van der Waals surface area contributed by atoms with Gasteiger partial charge in [-0.25, -0.2) is 4.98 Å². The first-order chi connectivity index (χ1) is 8.95. The van der Waals surface area contributed by atoms with E-state index < -0.39 is 11.4 Å². The Morgan fingerprint density at radius 3 is 2.74 bits per heavy atom. The molecule has 0 spiro atoms. The molecule has 0 saturated heterocycles. The van der Waals surface area contributed by atoms with Crippen molar-refractivity contribution >= 4 is 16.9 Å². The van der Waals surface area contributed by atoms with Gasteiger partial charge in [0.05, 0.1) is 17.6 Å². The molecule has 0 saturated carbocycles. The first-order valence-corrected chi connectivity index (χ1v) is 6.48. The fourth-order valence-corrected chi connectivity index (χ4v) is 2.12. The van der Waals surface area contributed by atoms with Crippen molar-refractivity contribution in [1.82, 2.24) is 9.55 Å². The summed E-state index contributed by atoms with van der Waals surface area (Å²) in [6, 6.07) is 7.85. The first-order valence-electron chi connectivity index (χ1n) is 6.48. The zero-order valence-corrected chi connectivity index (χ0v) is 11.4. The lowest BCUT2D eigenvalue weighted by molar-refractivity contribution is -0.123. The second kappa shape index (κ2) is 5.01. The molecule has 4 N–H and O–H groups in total. The van der Waals surface area contributed by atoms with Crippen molar-refractivity contribution in [3.05, 3.63) is 30.1 Å². The van der Waals surface area contributed by atoms with Crippen molar-refractivity contribution in [2.45, 2.75) is 38.8 Å². The highest BCUT2D eigenvalue weighted by atomic mass is 16.1. The molecular formula is C14H20N4O. The van der Waals surface area contributed by atoms with E-state index in [0.29, 0.717) is 6.54 Å². The van der Waals surface area contributed by atoms with E-state index in [4.69, 9.17) is 11.5 Å². The van der Waals surface area contributed by atoms with Crippen LogP contribution in [0.15, 0.2) is 24.3 Å². The Morgan fingerprint density at radius 2 is 2.11 bits per heavy atom. The Hall–Kier alpha value is -1.88. The van der Waals surface area contributed by atoms with Crippen molar-refractivity contribution in [1.29, 1.82) is 0 Å². The van der Waals surface area contributed by atoms with Gasteiger partial charge in [0.2, 0.25) is 5.91 Å². The van der Waals surface area contributed by atoms with Crippen LogP contribution in [0.2, 0.25) is 0 Å². The Labute approximate surface area is 112 Å². The zero-order valence-electron chi connectivity index (χ0n) is 11.4. The highest BCUT2D eigenvalue weighted by Crippen LogP contribution is 2.19. The van der Waals surface area contributed by atoms with Gasteiger partial charge in [0.25, 0.3) is 0 Å². The summed E-state index contributed by atoms with van der Waals surface area (Å²) in [5, 5.41) is 0. The molecule has 19 heavy (non-hydrogen) atoms. The summed E-state index contributed by atoms with van der Waals surface area (Å²) in [5.74, 6) is 0.439. The summed E-state index contributed by atoms with van der Waals surface area (Å²) in [5.41, 5.74) is 12.2. The van der Waals surface area contributed by atoms with Crippen LogP contribution in [0.4, 0.5) is 0 Å². The smallest absolute Gasteiger partial charge is 0.239 e. The van der Waals surface area contributed by atoms with Gasteiger partial charge in [0, 0.05) is 6.42 Å². The first kappa shape index (κ1) is 13.5. The maximum absolute atomic E-state index is 11.4. The zero-order chi connectivity index (χ0) is 14.0. The standard InChI is InChI=1S/C14H20N4O/c1-3-6-12-17-10-7-4-5-8-11(10)18(12)9-14(2,16)13(15)19/h4-5,7-8H,3,6,9,16H2,1-2H3,(H2,15,19). The van der Waals surface area contributed by atoms with Crippen LogP contribution in [-0.2, 0) is 17.8 Å². The van der Waals surface area contributed by atoms with Crippen molar-refractivity contribution in [2.75, 3.05) is 0 Å². The normalized spacial score (nSPS) is 14.5. The molecule has 2 rings (SSSR count). The predicted molar refractivity (Wildman–Crippen MR) is 75.5 cm³/mol. The number of hydrogen-bond acceptors (Lipinski definition) is 3. The predicted octanol–water partition coefficient (Wildman–Crippen LogP) is 1.19. The number of primary amides is 1. The molecule has 1 unspecified atom stereocenters. The van der Waals surface area contributed by atoms with Crippen LogP contribution in [-0.4, -0.2) is 21.0 Å². The molecule has 2 aromatic rings. The third-order valence-corrected chi connectivity index (χ3v) is 3.26. The monoisotopic (exact) mass is 260 g/mol. The number of nitrogens with two attached hydrogens (primary N) is 2. The molecular weight excluding hydrogens is 240 g/mol. The van der Waals surface area contributed by atoms with E-state index in [2.05, 4.69) is 11.9 Å². The molecule has 0 aliphatic carbocycles. The second-order valence-corrected chi connectivity index (χ2v) is 5.13. The highest BCUT2D eigenvalue weighted by Gasteiger charge is 2.28. The van der Waals surface area contributed by atoms with Crippen LogP contribution < -0.4 is 11.5 Å². The van der Waals surface area contributed by atoms with Crippen molar-refractivity contribution in [2.24, 2.45) is 11.5 Å². The minimum atomic E-state index is -1.08. The molecule has 5 heteroatoms. The lowest BCUT2D eigenvalue weighted by atomic mass is 10.0. The summed E-state index contributed by atoms with van der Waals surface area (Å²) in [4.78, 5) is 16.0. The lowest BCUT2D eigenvalue weighted by Crippen LogP contribution is -2.52. The van der Waals surface area contributed by atoms with Gasteiger partial charge in [0.1, 0.15) is 11.4 Å². The molecule has 1 heterocycles. The molecule has 5 nitrogen and oxygen atoms in total. The molecule has 0 bridgehead atoms. The molecule has 0 aliphatic rings. The lowest BCUT2D eigenvalue weighted by Gasteiger charge is -2.22. The Bertz CT molecular complexity index is 601. The van der Waals surface area contributed by atoms with E-state index in [9.17, 15) is 4.79 Å². The minimum Gasteiger partial charge on any atom is -0.368 e. The number of aromatic nitrogens is 2. The fraction of sp³-hybridized carbons (Fsp3) is 0.429. The van der Waals surface area contributed by atoms with Crippen LogP contribution in [0, 0.1) is 0 Å². The number of imidazole rings is 1. The van der Waals surface area contributed by atoms with E-state index >= 15 is 0 Å². The summed E-state index contributed by atoms with van der Waals surface area (Å²) in [6.45, 7) is 4.09. The van der Waals surface area contributed by atoms with Crippen LogP contribution in [0.1, 0.15) is 26.1 Å². The third kappa shape index (κ3) is 2.61. The maximum Gasteiger partial charge on any atom is 0.239 e. The van der Waals surface area contributed by atoms with Gasteiger partial charge in [-0.1, -0.05) is 19.1 Å². The van der Waals surface area contributed by atoms with Gasteiger partial charge in [0.15, 0.2) is 0 Å². The van der Waals surface area contributed by atoms with Gasteiger partial charge in [-0.05, 0) is 25.5 Å². The SMILES string of the molecule is CCCc1nc2ccccc2n1CC(C)(N)C(N)=O. The number of nitrogens with zero attached hydrogens (tertiary/aromatic N) is 2. The Kier molecular flexibility index (Phi) is 3.57. The summed E-state index contributed by atoms with van der Waals surface area (Å²) in [6.07, 6.45) is 1.84. The quantitative estimate of drug-likeness (QED) is 0.846. The number of amides is 1. The topological polar surface area (TPSA) is 86.9 Å². The van der Waals surface area contributed by atoms with Crippen LogP contribution in [0.25, 0.3) is 11.0 Å². The summed E-state index contributed by atoms with van der Waals surface area (Å²) < 4.78 is 2.00. The number of carbonyl (C=O) groups excluding carboxylic acids is 1.